The third-order valence-corrected chi connectivity index (χ3v) is 6.43. The number of carbonyl (C=O) groups is 2. The highest BCUT2D eigenvalue weighted by Gasteiger charge is 2.23. The molecule has 3 rings (SSSR count). The molecule has 13 heteroatoms. The van der Waals surface area contributed by atoms with Crippen LogP contribution in [0.5, 0.6) is 0 Å². The molecule has 1 fully saturated rings. The Hall–Kier alpha value is -2.87. The third kappa shape index (κ3) is 7.09. The molecule has 32 heavy (non-hydrogen) atoms. The van der Waals surface area contributed by atoms with Crippen molar-refractivity contribution in [1.29, 1.82) is 0 Å². The van der Waals surface area contributed by atoms with E-state index in [2.05, 4.69) is 0 Å². The van der Waals surface area contributed by atoms with Crippen LogP contribution < -0.4 is 10.3 Å². The van der Waals surface area contributed by atoms with E-state index in [4.69, 9.17) is 15.4 Å². The van der Waals surface area contributed by atoms with Crippen LogP contribution in [0.4, 0.5) is 4.39 Å². The smallest absolute Gasteiger partial charge is 0.335 e. The number of benzene rings is 2. The van der Waals surface area contributed by atoms with Gasteiger partial charge in [-0.25, -0.2) is 36.3 Å². The quantitative estimate of drug-likeness (QED) is 0.574. The summed E-state index contributed by atoms with van der Waals surface area (Å²) in [5, 5.41) is 18.3. The van der Waals surface area contributed by atoms with Crippen LogP contribution in [0.25, 0.3) is 0 Å². The molecule has 0 spiro atoms. The van der Waals surface area contributed by atoms with Crippen LogP contribution in [-0.2, 0) is 20.0 Å². The molecule has 2 aromatic rings. The summed E-state index contributed by atoms with van der Waals surface area (Å²) in [6.45, 7) is 0.772. The highest BCUT2D eigenvalue weighted by molar-refractivity contribution is 7.89. The molecule has 0 aliphatic carbocycles. The number of piperidine rings is 1. The van der Waals surface area contributed by atoms with Crippen molar-refractivity contribution in [2.24, 2.45) is 10.3 Å². The molecular weight excluding hydrogens is 465 g/mol. The maximum Gasteiger partial charge on any atom is 0.335 e. The van der Waals surface area contributed by atoms with E-state index < -0.39 is 32.2 Å². The van der Waals surface area contributed by atoms with E-state index in [1.54, 1.807) is 4.90 Å². The number of carboxylic acid groups (broad SMARTS) is 1. The first-order chi connectivity index (χ1) is 14.8. The summed E-state index contributed by atoms with van der Waals surface area (Å²) in [6.07, 6.45) is -0.143. The largest absolute Gasteiger partial charge is 0.478 e. The second-order valence-corrected chi connectivity index (χ2v) is 10.0. The standard InChI is InChI=1S/C12H15FN2O3S.C7H7NO4S/c13-10-5-7-15(8-6-10)12(16)9-1-3-11(4-2-9)19(14,17)18;8-13(11,12)6-3-1-5(2-4-6)7(9)10/h1-4,10H,5-8H2,(H2,14,17,18);1-4H,(H,9,10)(H2,8,11,12). The van der Waals surface area contributed by atoms with Gasteiger partial charge >= 0.3 is 5.97 Å². The lowest BCUT2D eigenvalue weighted by Crippen LogP contribution is -2.39. The van der Waals surface area contributed by atoms with Gasteiger partial charge in [0, 0.05) is 18.7 Å². The topological polar surface area (TPSA) is 178 Å². The summed E-state index contributed by atoms with van der Waals surface area (Å²) in [7, 11) is -7.49. The Morgan fingerprint density at radius 3 is 1.53 bits per heavy atom. The van der Waals surface area contributed by atoms with Gasteiger partial charge in [-0.1, -0.05) is 0 Å². The van der Waals surface area contributed by atoms with E-state index in [-0.39, 0.29) is 21.3 Å². The number of likely N-dealkylation sites (tertiary alicyclic amines) is 1. The Morgan fingerprint density at radius 1 is 0.812 bits per heavy atom. The maximum atomic E-state index is 13.0. The number of hydrogen-bond acceptors (Lipinski definition) is 6. The molecule has 0 aromatic heterocycles. The fraction of sp³-hybridized carbons (Fsp3) is 0.263. The van der Waals surface area contributed by atoms with Crippen LogP contribution in [0.15, 0.2) is 58.3 Å². The van der Waals surface area contributed by atoms with Crippen LogP contribution in [0.3, 0.4) is 0 Å². The molecule has 0 bridgehead atoms. The summed E-state index contributed by atoms with van der Waals surface area (Å²) in [5.74, 6) is -1.33. The second kappa shape index (κ2) is 10.2. The number of halogens is 1. The lowest BCUT2D eigenvalue weighted by Gasteiger charge is -2.28. The zero-order chi connectivity index (χ0) is 24.1. The summed E-state index contributed by atoms with van der Waals surface area (Å²) in [6, 6.07) is 10.1. The first-order valence-electron chi connectivity index (χ1n) is 9.21. The lowest BCUT2D eigenvalue weighted by molar-refractivity contribution is 0.0664. The Morgan fingerprint density at radius 2 is 1.19 bits per heavy atom. The first kappa shape index (κ1) is 25.4. The van der Waals surface area contributed by atoms with Crippen molar-refractivity contribution in [2.45, 2.75) is 28.8 Å². The van der Waals surface area contributed by atoms with Gasteiger partial charge in [-0.3, -0.25) is 4.79 Å². The van der Waals surface area contributed by atoms with Crippen LogP contribution in [0.2, 0.25) is 0 Å². The maximum absolute atomic E-state index is 13.0. The van der Waals surface area contributed by atoms with E-state index in [1.807, 2.05) is 0 Å². The van der Waals surface area contributed by atoms with E-state index >= 15 is 0 Å². The van der Waals surface area contributed by atoms with Gasteiger partial charge in [0.2, 0.25) is 20.0 Å². The predicted octanol–water partition coefficient (Wildman–Crippen LogP) is 0.940. The Labute approximate surface area is 184 Å². The number of aromatic carboxylic acids is 1. The molecular formula is C19H22FN3O7S2. The van der Waals surface area contributed by atoms with Gasteiger partial charge in [0.05, 0.1) is 15.4 Å². The summed E-state index contributed by atoms with van der Waals surface area (Å²) < 4.78 is 56.7. The van der Waals surface area contributed by atoms with E-state index in [0.717, 1.165) is 12.1 Å². The molecule has 0 saturated carbocycles. The average Bonchev–Trinajstić information content (AvgIpc) is 2.73. The third-order valence-electron chi connectivity index (χ3n) is 4.57. The van der Waals surface area contributed by atoms with Crippen LogP contribution in [0, 0.1) is 0 Å². The molecule has 1 saturated heterocycles. The molecule has 174 valence electrons. The van der Waals surface area contributed by atoms with Crippen molar-refractivity contribution in [3.8, 4) is 0 Å². The molecule has 5 N–H and O–H groups in total. The number of carbonyl (C=O) groups excluding carboxylic acids is 1. The van der Waals surface area contributed by atoms with Gasteiger partial charge in [0.25, 0.3) is 5.91 Å². The molecule has 1 aliphatic heterocycles. The van der Waals surface area contributed by atoms with Gasteiger partial charge in [-0.2, -0.15) is 0 Å². The number of alkyl halides is 1. The molecule has 10 nitrogen and oxygen atoms in total. The number of nitrogens with zero attached hydrogens (tertiary/aromatic N) is 1. The van der Waals surface area contributed by atoms with Gasteiger partial charge < -0.3 is 10.0 Å². The Kier molecular flexibility index (Phi) is 8.07. The number of amides is 1. The van der Waals surface area contributed by atoms with Crippen LogP contribution >= 0.6 is 0 Å². The highest BCUT2D eigenvalue weighted by Crippen LogP contribution is 2.17. The summed E-state index contributed by atoms with van der Waals surface area (Å²) in [4.78, 5) is 23.9. The molecule has 0 atom stereocenters. The van der Waals surface area contributed by atoms with Crippen LogP contribution in [-0.4, -0.2) is 58.0 Å². The van der Waals surface area contributed by atoms with Crippen molar-refractivity contribution in [1.82, 2.24) is 4.90 Å². The molecule has 1 heterocycles. The van der Waals surface area contributed by atoms with Gasteiger partial charge in [-0.05, 0) is 61.4 Å². The first-order valence-corrected chi connectivity index (χ1v) is 12.3. The minimum Gasteiger partial charge on any atom is -0.478 e. The minimum atomic E-state index is -3.75. The van der Waals surface area contributed by atoms with E-state index in [0.29, 0.717) is 31.5 Å². The van der Waals surface area contributed by atoms with Crippen molar-refractivity contribution in [3.05, 3.63) is 59.7 Å². The molecule has 1 amide bonds. The van der Waals surface area contributed by atoms with Gasteiger partial charge in [0.1, 0.15) is 6.17 Å². The number of rotatable bonds is 4. The number of primary sulfonamides is 2. The Balaban J connectivity index is 0.000000244. The molecule has 2 aromatic carbocycles. The monoisotopic (exact) mass is 487 g/mol. The number of carboxylic acids is 1. The number of nitrogens with two attached hydrogens (primary N) is 2. The zero-order valence-electron chi connectivity index (χ0n) is 16.7. The number of sulfonamides is 2. The fourth-order valence-electron chi connectivity index (χ4n) is 2.81. The van der Waals surface area contributed by atoms with Gasteiger partial charge in [0.15, 0.2) is 0 Å². The van der Waals surface area contributed by atoms with E-state index in [9.17, 15) is 30.8 Å². The summed E-state index contributed by atoms with van der Waals surface area (Å²) >= 11 is 0. The lowest BCUT2D eigenvalue weighted by atomic mass is 10.1. The fourth-order valence-corrected chi connectivity index (χ4v) is 3.84. The minimum absolute atomic E-state index is 0.0207. The summed E-state index contributed by atoms with van der Waals surface area (Å²) in [5.41, 5.74) is 0.400. The normalized spacial score (nSPS) is 14.9. The van der Waals surface area contributed by atoms with Crippen molar-refractivity contribution in [3.63, 3.8) is 0 Å². The van der Waals surface area contributed by atoms with Crippen LogP contribution in [0.1, 0.15) is 33.6 Å². The van der Waals surface area contributed by atoms with Gasteiger partial charge in [-0.15, -0.1) is 0 Å². The molecule has 0 radical (unpaired) electrons. The average molecular weight is 488 g/mol. The second-order valence-electron chi connectivity index (χ2n) is 6.91. The molecule has 1 aliphatic rings. The van der Waals surface area contributed by atoms with Crippen molar-refractivity contribution < 1.29 is 35.9 Å². The van der Waals surface area contributed by atoms with E-state index in [1.165, 1.54) is 36.4 Å². The number of hydrogen-bond donors (Lipinski definition) is 3. The Bertz CT molecular complexity index is 1170. The predicted molar refractivity (Wildman–Crippen MR) is 113 cm³/mol. The molecule has 0 unspecified atom stereocenters. The highest BCUT2D eigenvalue weighted by atomic mass is 32.2. The van der Waals surface area contributed by atoms with Crippen molar-refractivity contribution >= 4 is 31.9 Å². The zero-order valence-corrected chi connectivity index (χ0v) is 18.4. The van der Waals surface area contributed by atoms with Crippen molar-refractivity contribution in [2.75, 3.05) is 13.1 Å². The SMILES string of the molecule is NS(=O)(=O)c1ccc(C(=O)N2CCC(F)CC2)cc1.NS(=O)(=O)c1ccc(C(=O)O)cc1.